The van der Waals surface area contributed by atoms with Crippen LogP contribution in [0.4, 0.5) is 5.69 Å². The number of nitriles is 1. The lowest BCUT2D eigenvalue weighted by Crippen LogP contribution is -2.44. The molecule has 0 spiro atoms. The summed E-state index contributed by atoms with van der Waals surface area (Å²) in [6, 6.07) is 14.9. The first-order valence-electron chi connectivity index (χ1n) is 11.1. The Balaban J connectivity index is 1.46. The van der Waals surface area contributed by atoms with Gasteiger partial charge in [-0.25, -0.2) is 8.42 Å². The van der Waals surface area contributed by atoms with Crippen molar-refractivity contribution < 1.29 is 13.2 Å². The molecule has 1 unspecified atom stereocenters. The van der Waals surface area contributed by atoms with Gasteiger partial charge in [0.15, 0.2) is 0 Å². The summed E-state index contributed by atoms with van der Waals surface area (Å²) < 4.78 is 28.1. The van der Waals surface area contributed by atoms with Gasteiger partial charge in [-0.15, -0.1) is 0 Å². The minimum absolute atomic E-state index is 0.0162. The predicted molar refractivity (Wildman–Crippen MR) is 131 cm³/mol. The van der Waals surface area contributed by atoms with Crippen molar-refractivity contribution >= 4 is 44.0 Å². The SMILES string of the molecule is N#CCC1(CS(=O)(=O)N2Cc3ccc(Cl)cc3C(C(=O)Nc3cncc4ccccc34)C2)CC1. The topological polar surface area (TPSA) is 103 Å². The Kier molecular flexibility index (Phi) is 5.80. The molecule has 1 atom stereocenters. The highest BCUT2D eigenvalue weighted by Crippen LogP contribution is 2.50. The molecule has 1 amide bonds. The van der Waals surface area contributed by atoms with Crippen LogP contribution in [-0.4, -0.2) is 35.9 Å². The molecule has 1 saturated carbocycles. The Bertz CT molecular complexity index is 1420. The Morgan fingerprint density at radius 2 is 2.03 bits per heavy atom. The predicted octanol–water partition coefficient (Wildman–Crippen LogP) is 4.45. The number of nitrogens with one attached hydrogen (secondary N) is 1. The molecule has 1 aliphatic heterocycles. The van der Waals surface area contributed by atoms with Gasteiger partial charge in [0.25, 0.3) is 0 Å². The molecule has 2 aliphatic rings. The van der Waals surface area contributed by atoms with Gasteiger partial charge < -0.3 is 5.32 Å². The highest BCUT2D eigenvalue weighted by atomic mass is 35.5. The third-order valence-corrected chi connectivity index (χ3v) is 9.03. The van der Waals surface area contributed by atoms with Gasteiger partial charge in [0.05, 0.1) is 29.6 Å². The van der Waals surface area contributed by atoms with Gasteiger partial charge in [0.2, 0.25) is 15.9 Å². The number of halogens is 1. The zero-order valence-corrected chi connectivity index (χ0v) is 19.9. The van der Waals surface area contributed by atoms with E-state index in [-0.39, 0.29) is 31.2 Å². The quantitative estimate of drug-likeness (QED) is 0.545. The molecular weight excluding hydrogens is 472 g/mol. The number of nitrogens with zero attached hydrogens (tertiary/aromatic N) is 3. The van der Waals surface area contributed by atoms with E-state index in [4.69, 9.17) is 16.9 Å². The average molecular weight is 495 g/mol. The van der Waals surface area contributed by atoms with Gasteiger partial charge in [-0.1, -0.05) is 41.9 Å². The highest BCUT2D eigenvalue weighted by molar-refractivity contribution is 7.89. The molecule has 9 heteroatoms. The van der Waals surface area contributed by atoms with Gasteiger partial charge in [-0.3, -0.25) is 9.78 Å². The second kappa shape index (κ2) is 8.66. The molecule has 3 aromatic rings. The number of aromatic nitrogens is 1. The van der Waals surface area contributed by atoms with Crippen molar-refractivity contribution in [1.82, 2.24) is 9.29 Å². The number of sulfonamides is 1. The minimum Gasteiger partial charge on any atom is -0.324 e. The fourth-order valence-electron chi connectivity index (χ4n) is 4.66. The number of fused-ring (bicyclic) bond motifs is 2. The number of amides is 1. The van der Waals surface area contributed by atoms with Crippen molar-refractivity contribution in [2.45, 2.75) is 31.7 Å². The van der Waals surface area contributed by atoms with Crippen LogP contribution in [0.15, 0.2) is 54.9 Å². The maximum Gasteiger partial charge on any atom is 0.233 e. The van der Waals surface area contributed by atoms with E-state index in [2.05, 4.69) is 16.4 Å². The number of rotatable bonds is 6. The Morgan fingerprint density at radius 1 is 1.24 bits per heavy atom. The molecule has 1 N–H and O–H groups in total. The minimum atomic E-state index is -3.67. The molecule has 174 valence electrons. The van der Waals surface area contributed by atoms with Crippen molar-refractivity contribution in [3.05, 3.63) is 71.0 Å². The van der Waals surface area contributed by atoms with E-state index in [1.165, 1.54) is 4.31 Å². The summed E-state index contributed by atoms with van der Waals surface area (Å²) in [5.74, 6) is -1.13. The Morgan fingerprint density at radius 3 is 2.79 bits per heavy atom. The van der Waals surface area contributed by atoms with Gasteiger partial charge in [-0.05, 0) is 41.5 Å². The van der Waals surface area contributed by atoms with Crippen LogP contribution in [-0.2, 0) is 21.4 Å². The van der Waals surface area contributed by atoms with Crippen molar-refractivity contribution in [3.8, 4) is 6.07 Å². The molecule has 0 radical (unpaired) electrons. The molecular formula is C25H23ClN4O3S. The van der Waals surface area contributed by atoms with E-state index in [9.17, 15) is 13.2 Å². The smallest absolute Gasteiger partial charge is 0.233 e. The number of carbonyl (C=O) groups is 1. The van der Waals surface area contributed by atoms with Crippen molar-refractivity contribution in [2.75, 3.05) is 17.6 Å². The molecule has 0 bridgehead atoms. The first-order valence-corrected chi connectivity index (χ1v) is 13.1. The summed E-state index contributed by atoms with van der Waals surface area (Å²) in [5, 5.41) is 14.3. The number of anilines is 1. The van der Waals surface area contributed by atoms with Gasteiger partial charge >= 0.3 is 0 Å². The fraction of sp³-hybridized carbons (Fsp3) is 0.320. The molecule has 1 aromatic heterocycles. The van der Waals surface area contributed by atoms with Crippen LogP contribution in [0.25, 0.3) is 10.8 Å². The van der Waals surface area contributed by atoms with Crippen LogP contribution in [0.3, 0.4) is 0 Å². The number of hydrogen-bond donors (Lipinski definition) is 1. The summed E-state index contributed by atoms with van der Waals surface area (Å²) >= 11 is 6.24. The van der Waals surface area contributed by atoms with Gasteiger partial charge in [0, 0.05) is 41.5 Å². The maximum absolute atomic E-state index is 13.5. The second-order valence-corrected chi connectivity index (χ2v) is 11.6. The highest BCUT2D eigenvalue weighted by Gasteiger charge is 2.48. The van der Waals surface area contributed by atoms with Crippen molar-refractivity contribution in [3.63, 3.8) is 0 Å². The molecule has 1 aliphatic carbocycles. The average Bonchev–Trinajstić information content (AvgIpc) is 3.56. The van der Waals surface area contributed by atoms with E-state index in [1.807, 2.05) is 24.3 Å². The summed E-state index contributed by atoms with van der Waals surface area (Å²) in [5.41, 5.74) is 1.58. The van der Waals surface area contributed by atoms with Crippen LogP contribution in [0, 0.1) is 16.7 Å². The standard InChI is InChI=1S/C25H23ClN4O3S/c26-19-6-5-18-14-30(34(32,33)16-25(7-8-25)9-10-27)15-22(21(18)11-19)24(31)29-23-13-28-12-17-3-1-2-4-20(17)23/h1-6,11-13,22H,7-9,14-16H2,(H,29,31). The zero-order chi connectivity index (χ0) is 23.9. The molecule has 2 aromatic carbocycles. The third kappa shape index (κ3) is 4.39. The molecule has 7 nitrogen and oxygen atoms in total. The lowest BCUT2D eigenvalue weighted by molar-refractivity contribution is -0.118. The summed E-state index contributed by atoms with van der Waals surface area (Å²) in [4.78, 5) is 17.7. The monoisotopic (exact) mass is 494 g/mol. The third-order valence-electron chi connectivity index (χ3n) is 6.75. The lowest BCUT2D eigenvalue weighted by atomic mass is 9.90. The normalized spacial score (nSPS) is 19.2. The van der Waals surface area contributed by atoms with Crippen LogP contribution in [0.5, 0.6) is 0 Å². The van der Waals surface area contributed by atoms with Crippen LogP contribution >= 0.6 is 11.6 Å². The number of benzene rings is 2. The van der Waals surface area contributed by atoms with Crippen LogP contribution < -0.4 is 5.32 Å². The number of hydrogen-bond acceptors (Lipinski definition) is 5. The fourth-order valence-corrected chi connectivity index (χ4v) is 6.90. The van der Waals surface area contributed by atoms with E-state index in [0.717, 1.165) is 34.7 Å². The number of carbonyl (C=O) groups excluding carboxylic acids is 1. The Labute approximate surface area is 203 Å². The summed E-state index contributed by atoms with van der Waals surface area (Å²) in [6.07, 6.45) is 5.01. The molecule has 2 heterocycles. The van der Waals surface area contributed by atoms with E-state index < -0.39 is 21.4 Å². The first kappa shape index (κ1) is 22.8. The molecule has 34 heavy (non-hydrogen) atoms. The maximum atomic E-state index is 13.5. The number of pyridine rings is 1. The van der Waals surface area contributed by atoms with E-state index in [0.29, 0.717) is 10.7 Å². The van der Waals surface area contributed by atoms with Gasteiger partial charge in [-0.2, -0.15) is 9.57 Å². The summed E-state index contributed by atoms with van der Waals surface area (Å²) in [7, 11) is -3.67. The van der Waals surface area contributed by atoms with Crippen molar-refractivity contribution in [2.24, 2.45) is 5.41 Å². The second-order valence-electron chi connectivity index (χ2n) is 9.18. The lowest BCUT2D eigenvalue weighted by Gasteiger charge is -2.34. The molecule has 0 saturated heterocycles. The van der Waals surface area contributed by atoms with E-state index in [1.54, 1.807) is 30.6 Å². The Hall–Kier alpha value is -2.99. The van der Waals surface area contributed by atoms with Gasteiger partial charge in [0.1, 0.15) is 0 Å². The molecule has 5 rings (SSSR count). The largest absolute Gasteiger partial charge is 0.324 e. The van der Waals surface area contributed by atoms with Crippen molar-refractivity contribution in [1.29, 1.82) is 5.26 Å². The van der Waals surface area contributed by atoms with Crippen LogP contribution in [0.1, 0.15) is 36.3 Å². The van der Waals surface area contributed by atoms with E-state index >= 15 is 0 Å². The zero-order valence-electron chi connectivity index (χ0n) is 18.4. The molecule has 1 fully saturated rings. The summed E-state index contributed by atoms with van der Waals surface area (Å²) in [6.45, 7) is 0.194. The van der Waals surface area contributed by atoms with Crippen LogP contribution in [0.2, 0.25) is 5.02 Å². The first-order chi connectivity index (χ1) is 16.3.